The molecule has 0 aliphatic rings. The van der Waals surface area contributed by atoms with Gasteiger partial charge in [0, 0.05) is 11.3 Å². The zero-order chi connectivity index (χ0) is 14.6. The second-order valence-electron chi connectivity index (χ2n) is 4.93. The van der Waals surface area contributed by atoms with Gasteiger partial charge in [0.25, 0.3) is 0 Å². The fraction of sp³-hybridized carbons (Fsp3) is 0.0667. The maximum Gasteiger partial charge on any atom is 0.217 e. The maximum atomic E-state index is 13.3. The summed E-state index contributed by atoms with van der Waals surface area (Å²) >= 11 is 1.42. The number of fused-ring (bicyclic) bond motifs is 3. The molecule has 2 aromatic heterocycles. The number of nitrogens with zero attached hydrogens (tertiary/aromatic N) is 3. The average molecular weight is 298 g/mol. The molecule has 4 rings (SSSR count). The third kappa shape index (κ3) is 1.80. The highest BCUT2D eigenvalue weighted by Crippen LogP contribution is 2.31. The molecule has 104 valence electrons. The molecule has 0 bridgehead atoms. The van der Waals surface area contributed by atoms with Crippen molar-refractivity contribution in [1.82, 2.24) is 14.6 Å². The summed E-state index contributed by atoms with van der Waals surface area (Å²) in [5, 5.41) is 8.43. The van der Waals surface area contributed by atoms with Gasteiger partial charge in [-0.15, -0.1) is 10.2 Å². The van der Waals surface area contributed by atoms with Crippen molar-refractivity contribution in [3.05, 3.63) is 47.8 Å². The van der Waals surface area contributed by atoms with Crippen molar-refractivity contribution in [1.29, 1.82) is 0 Å². The molecule has 0 aliphatic heterocycles. The van der Waals surface area contributed by atoms with Crippen LogP contribution in [0.5, 0.6) is 0 Å². The van der Waals surface area contributed by atoms with Gasteiger partial charge >= 0.3 is 0 Å². The predicted octanol–water partition coefficient (Wildman–Crippen LogP) is 3.64. The van der Waals surface area contributed by atoms with Crippen LogP contribution in [0.4, 0.5) is 10.1 Å². The minimum Gasteiger partial charge on any atom is -0.398 e. The largest absolute Gasteiger partial charge is 0.398 e. The molecular formula is C15H11FN4S. The van der Waals surface area contributed by atoms with Crippen molar-refractivity contribution in [2.75, 3.05) is 5.73 Å². The normalized spacial score (nSPS) is 11.5. The van der Waals surface area contributed by atoms with Gasteiger partial charge in [-0.25, -0.2) is 4.39 Å². The molecule has 2 aromatic carbocycles. The Morgan fingerprint density at radius 1 is 1.14 bits per heavy atom. The molecule has 0 aliphatic carbocycles. The van der Waals surface area contributed by atoms with Crippen LogP contribution in [-0.4, -0.2) is 14.6 Å². The summed E-state index contributed by atoms with van der Waals surface area (Å²) in [6, 6.07) is 10.5. The van der Waals surface area contributed by atoms with E-state index >= 15 is 0 Å². The second-order valence-corrected chi connectivity index (χ2v) is 5.94. The van der Waals surface area contributed by atoms with E-state index in [1.807, 2.05) is 29.5 Å². The standard InChI is InChI=1S/C15H11FN4S/c1-8-2-3-9(6-11(8)17)14-18-19-15-20(14)12-5-4-10(16)7-13(12)21-15/h2-7H,17H2,1H3. The number of halogens is 1. The van der Waals surface area contributed by atoms with E-state index in [0.717, 1.165) is 37.8 Å². The summed E-state index contributed by atoms with van der Waals surface area (Å²) in [5.74, 6) is 0.468. The van der Waals surface area contributed by atoms with Gasteiger partial charge in [-0.3, -0.25) is 4.40 Å². The zero-order valence-electron chi connectivity index (χ0n) is 11.2. The van der Waals surface area contributed by atoms with E-state index in [0.29, 0.717) is 0 Å². The number of rotatable bonds is 1. The summed E-state index contributed by atoms with van der Waals surface area (Å²) in [5.41, 5.74) is 9.51. The minimum atomic E-state index is -0.249. The van der Waals surface area contributed by atoms with Crippen molar-refractivity contribution in [2.45, 2.75) is 6.92 Å². The van der Waals surface area contributed by atoms with Crippen molar-refractivity contribution in [3.63, 3.8) is 0 Å². The molecule has 0 spiro atoms. The first-order valence-electron chi connectivity index (χ1n) is 6.43. The van der Waals surface area contributed by atoms with Gasteiger partial charge in [-0.1, -0.05) is 23.5 Å². The van der Waals surface area contributed by atoms with Crippen molar-refractivity contribution < 1.29 is 4.39 Å². The number of aryl methyl sites for hydroxylation is 1. The van der Waals surface area contributed by atoms with E-state index < -0.39 is 0 Å². The number of thiazole rings is 1. The first-order valence-corrected chi connectivity index (χ1v) is 7.25. The predicted molar refractivity (Wildman–Crippen MR) is 82.9 cm³/mol. The third-order valence-electron chi connectivity index (χ3n) is 3.53. The lowest BCUT2D eigenvalue weighted by Crippen LogP contribution is -1.93. The van der Waals surface area contributed by atoms with E-state index in [2.05, 4.69) is 10.2 Å². The van der Waals surface area contributed by atoms with Gasteiger partial charge in [0.05, 0.1) is 10.2 Å². The third-order valence-corrected chi connectivity index (χ3v) is 4.53. The lowest BCUT2D eigenvalue weighted by atomic mass is 10.1. The van der Waals surface area contributed by atoms with Crippen LogP contribution in [0.15, 0.2) is 36.4 Å². The van der Waals surface area contributed by atoms with Gasteiger partial charge in [0.2, 0.25) is 4.96 Å². The van der Waals surface area contributed by atoms with E-state index in [4.69, 9.17) is 5.73 Å². The van der Waals surface area contributed by atoms with Gasteiger partial charge < -0.3 is 5.73 Å². The van der Waals surface area contributed by atoms with Crippen LogP contribution in [0.2, 0.25) is 0 Å². The fourth-order valence-corrected chi connectivity index (χ4v) is 3.36. The number of benzene rings is 2. The Bertz CT molecular complexity index is 986. The molecular weight excluding hydrogens is 287 g/mol. The van der Waals surface area contributed by atoms with Gasteiger partial charge in [0.1, 0.15) is 5.82 Å². The first-order chi connectivity index (χ1) is 10.1. The molecule has 0 fully saturated rings. The summed E-state index contributed by atoms with van der Waals surface area (Å²) in [7, 11) is 0. The summed E-state index contributed by atoms with van der Waals surface area (Å²) in [6.45, 7) is 1.96. The molecule has 0 atom stereocenters. The molecule has 2 heterocycles. The lowest BCUT2D eigenvalue weighted by molar-refractivity contribution is 0.630. The van der Waals surface area contributed by atoms with E-state index in [9.17, 15) is 4.39 Å². The summed E-state index contributed by atoms with van der Waals surface area (Å²) in [6.07, 6.45) is 0. The highest BCUT2D eigenvalue weighted by atomic mass is 32.1. The topological polar surface area (TPSA) is 56.2 Å². The first kappa shape index (κ1) is 12.3. The number of anilines is 1. The van der Waals surface area contributed by atoms with Crippen molar-refractivity contribution >= 4 is 32.2 Å². The molecule has 4 aromatic rings. The van der Waals surface area contributed by atoms with Crippen LogP contribution in [0.3, 0.4) is 0 Å². The lowest BCUT2D eigenvalue weighted by Gasteiger charge is -2.03. The monoisotopic (exact) mass is 298 g/mol. The quantitative estimate of drug-likeness (QED) is 0.546. The number of hydrogen-bond acceptors (Lipinski definition) is 4. The van der Waals surface area contributed by atoms with Crippen LogP contribution in [0, 0.1) is 12.7 Å². The Labute approximate surface area is 123 Å². The highest BCUT2D eigenvalue weighted by Gasteiger charge is 2.14. The molecule has 0 unspecified atom stereocenters. The molecule has 0 saturated heterocycles. The fourth-order valence-electron chi connectivity index (χ4n) is 2.37. The van der Waals surface area contributed by atoms with Gasteiger partial charge in [0.15, 0.2) is 5.82 Å². The number of aromatic nitrogens is 3. The summed E-state index contributed by atoms with van der Waals surface area (Å²) in [4.78, 5) is 0.741. The Kier molecular flexibility index (Phi) is 2.49. The number of nitrogen functional groups attached to an aromatic ring is 1. The zero-order valence-corrected chi connectivity index (χ0v) is 12.0. The second kappa shape index (κ2) is 4.26. The Hall–Kier alpha value is -2.47. The Balaban J connectivity index is 2.04. The molecule has 4 nitrogen and oxygen atoms in total. The smallest absolute Gasteiger partial charge is 0.217 e. The average Bonchev–Trinajstić information content (AvgIpc) is 3.00. The van der Waals surface area contributed by atoms with Crippen LogP contribution < -0.4 is 5.73 Å². The summed E-state index contributed by atoms with van der Waals surface area (Å²) < 4.78 is 16.1. The molecule has 0 radical (unpaired) electrons. The van der Waals surface area contributed by atoms with E-state index in [-0.39, 0.29) is 5.82 Å². The molecule has 6 heteroatoms. The molecule has 21 heavy (non-hydrogen) atoms. The van der Waals surface area contributed by atoms with E-state index in [1.54, 1.807) is 6.07 Å². The minimum absolute atomic E-state index is 0.249. The SMILES string of the molecule is Cc1ccc(-c2nnc3sc4cc(F)ccc4n23)cc1N. The number of hydrogen-bond donors (Lipinski definition) is 1. The van der Waals surface area contributed by atoms with Gasteiger partial charge in [-0.05, 0) is 36.8 Å². The van der Waals surface area contributed by atoms with Crippen LogP contribution >= 0.6 is 11.3 Å². The molecule has 0 amide bonds. The Morgan fingerprint density at radius 3 is 2.81 bits per heavy atom. The van der Waals surface area contributed by atoms with Crippen molar-refractivity contribution in [2.24, 2.45) is 0 Å². The number of nitrogens with two attached hydrogens (primary N) is 1. The van der Waals surface area contributed by atoms with E-state index in [1.165, 1.54) is 23.5 Å². The van der Waals surface area contributed by atoms with Crippen molar-refractivity contribution in [3.8, 4) is 11.4 Å². The van der Waals surface area contributed by atoms with Gasteiger partial charge in [-0.2, -0.15) is 0 Å². The molecule has 2 N–H and O–H groups in total. The van der Waals surface area contributed by atoms with Crippen LogP contribution in [0.25, 0.3) is 26.6 Å². The molecule has 0 saturated carbocycles. The van der Waals surface area contributed by atoms with Crippen LogP contribution in [-0.2, 0) is 0 Å². The van der Waals surface area contributed by atoms with Crippen LogP contribution in [0.1, 0.15) is 5.56 Å². The Morgan fingerprint density at radius 2 is 2.00 bits per heavy atom. The maximum absolute atomic E-state index is 13.3. The highest BCUT2D eigenvalue weighted by molar-refractivity contribution is 7.23.